The van der Waals surface area contributed by atoms with Crippen molar-refractivity contribution in [2.24, 2.45) is 5.92 Å². The maximum atomic E-state index is 12.3. The monoisotopic (exact) mass is 464 g/mol. The van der Waals surface area contributed by atoms with Crippen molar-refractivity contribution in [3.63, 3.8) is 0 Å². The van der Waals surface area contributed by atoms with Crippen molar-refractivity contribution in [3.05, 3.63) is 0 Å². The van der Waals surface area contributed by atoms with E-state index in [-0.39, 0.29) is 18.6 Å². The number of phosphoric acid groups is 1. The van der Waals surface area contributed by atoms with Gasteiger partial charge in [0.1, 0.15) is 13.2 Å². The molecule has 1 N–H and O–H groups in total. The third kappa shape index (κ3) is 16.3. The lowest BCUT2D eigenvalue weighted by Crippen LogP contribution is -2.37. The molecule has 0 radical (unpaired) electrons. The van der Waals surface area contributed by atoms with Crippen LogP contribution in [-0.4, -0.2) is 63.0 Å². The smallest absolute Gasteiger partial charge is 0.381 e. The summed E-state index contributed by atoms with van der Waals surface area (Å²) in [6, 6.07) is 0. The second-order valence-corrected chi connectivity index (χ2v) is 11.7. The van der Waals surface area contributed by atoms with Crippen LogP contribution in [0, 0.1) is 5.92 Å². The number of hydrogen-bond acceptors (Lipinski definition) is 4. The van der Waals surface area contributed by atoms with E-state index >= 15 is 0 Å². The van der Waals surface area contributed by atoms with E-state index in [1.54, 1.807) is 0 Å². The fraction of sp³-hybridized carbons (Fsp3) is 1.00. The third-order valence-corrected chi connectivity index (χ3v) is 7.14. The van der Waals surface area contributed by atoms with Gasteiger partial charge in [0.2, 0.25) is 0 Å². The highest BCUT2D eigenvalue weighted by molar-refractivity contribution is 7.47. The molecule has 1 saturated carbocycles. The maximum Gasteiger partial charge on any atom is 0.472 e. The quantitative estimate of drug-likeness (QED) is 0.130. The van der Waals surface area contributed by atoms with Crippen LogP contribution in [0.2, 0.25) is 0 Å². The third-order valence-electron chi connectivity index (χ3n) is 6.10. The minimum Gasteiger partial charge on any atom is -0.381 e. The Morgan fingerprint density at radius 2 is 1.45 bits per heavy atom. The van der Waals surface area contributed by atoms with Crippen LogP contribution in [0.1, 0.15) is 96.8 Å². The summed E-state index contributed by atoms with van der Waals surface area (Å²) in [6.07, 6.45) is 17.2. The molecule has 0 aromatic carbocycles. The molecule has 0 saturated heterocycles. The van der Waals surface area contributed by atoms with Crippen LogP contribution < -0.4 is 0 Å². The van der Waals surface area contributed by atoms with E-state index in [0.717, 1.165) is 32.3 Å². The molecule has 1 rings (SSSR count). The molecular formula is C24H51NO5P+. The van der Waals surface area contributed by atoms with Crippen molar-refractivity contribution in [2.75, 3.05) is 47.5 Å². The van der Waals surface area contributed by atoms with E-state index in [1.807, 2.05) is 21.1 Å². The van der Waals surface area contributed by atoms with E-state index in [9.17, 15) is 9.46 Å². The molecule has 0 aliphatic heterocycles. The Morgan fingerprint density at radius 3 is 2.03 bits per heavy atom. The number of nitrogens with zero attached hydrogens (tertiary/aromatic N) is 1. The van der Waals surface area contributed by atoms with Crippen LogP contribution in [0.4, 0.5) is 0 Å². The molecule has 7 heteroatoms. The van der Waals surface area contributed by atoms with Gasteiger partial charge in [-0.1, -0.05) is 77.6 Å². The first-order chi connectivity index (χ1) is 14.7. The van der Waals surface area contributed by atoms with Gasteiger partial charge in [-0.05, 0) is 19.3 Å². The molecule has 6 nitrogen and oxygen atoms in total. The van der Waals surface area contributed by atoms with Gasteiger partial charge in [-0.2, -0.15) is 0 Å². The van der Waals surface area contributed by atoms with Crippen LogP contribution in [0.25, 0.3) is 0 Å². The number of hydrogen-bond donors (Lipinski definition) is 1. The lowest BCUT2D eigenvalue weighted by molar-refractivity contribution is -0.870. The summed E-state index contributed by atoms with van der Waals surface area (Å²) in [5.41, 5.74) is 0. The Bertz CT molecular complexity index is 483. The molecule has 0 aromatic rings. The zero-order valence-electron chi connectivity index (χ0n) is 20.9. The van der Waals surface area contributed by atoms with E-state index in [0.29, 0.717) is 17.6 Å². The molecule has 1 fully saturated rings. The van der Waals surface area contributed by atoms with Crippen LogP contribution in [-0.2, 0) is 18.3 Å². The van der Waals surface area contributed by atoms with Gasteiger partial charge in [-0.25, -0.2) is 4.57 Å². The highest BCUT2D eigenvalue weighted by atomic mass is 31.2. The molecule has 0 bridgehead atoms. The molecule has 3 atom stereocenters. The molecule has 1 aliphatic rings. The van der Waals surface area contributed by atoms with Gasteiger partial charge in [0.25, 0.3) is 0 Å². The summed E-state index contributed by atoms with van der Waals surface area (Å²) in [4.78, 5) is 10.0. The Kier molecular flexibility index (Phi) is 15.6. The van der Waals surface area contributed by atoms with Crippen LogP contribution in [0.5, 0.6) is 0 Å². The molecule has 1 aliphatic carbocycles. The summed E-state index contributed by atoms with van der Waals surface area (Å²) in [7, 11) is 2.06. The molecule has 186 valence electrons. The van der Waals surface area contributed by atoms with E-state index in [4.69, 9.17) is 13.8 Å². The normalized spacial score (nSPS) is 21.5. The van der Waals surface area contributed by atoms with E-state index in [2.05, 4.69) is 6.92 Å². The number of likely N-dealkylation sites (N-methyl/N-ethyl adjacent to an activating group) is 1. The lowest BCUT2D eigenvalue weighted by atomic mass is 10.1. The van der Waals surface area contributed by atoms with Gasteiger partial charge in [0.15, 0.2) is 0 Å². The van der Waals surface area contributed by atoms with Gasteiger partial charge in [-0.15, -0.1) is 0 Å². The highest BCUT2D eigenvalue weighted by Crippen LogP contribution is 2.48. The van der Waals surface area contributed by atoms with Crippen LogP contribution >= 0.6 is 7.82 Å². The Morgan fingerprint density at radius 1 is 0.871 bits per heavy atom. The molecule has 0 spiro atoms. The molecule has 0 amide bonds. The molecule has 0 aromatic heterocycles. The zero-order chi connectivity index (χ0) is 23.0. The second-order valence-electron chi connectivity index (χ2n) is 10.3. The highest BCUT2D eigenvalue weighted by Gasteiger charge is 2.35. The van der Waals surface area contributed by atoms with Crippen LogP contribution in [0.3, 0.4) is 0 Å². The van der Waals surface area contributed by atoms with Gasteiger partial charge < -0.3 is 14.1 Å². The SMILES string of the molecule is CCCCCCCCCCCCCOC[C@@H]1CCC[C@H]1OP(=O)(O)OCC[N+](C)(C)C. The summed E-state index contributed by atoms with van der Waals surface area (Å²) in [5.74, 6) is 0.190. The van der Waals surface area contributed by atoms with E-state index in [1.165, 1.54) is 64.2 Å². The number of quaternary nitrogens is 1. The van der Waals surface area contributed by atoms with Crippen molar-refractivity contribution in [1.82, 2.24) is 0 Å². The fourth-order valence-corrected chi connectivity index (χ4v) is 5.06. The standard InChI is InChI=1S/C24H50NO5P/c1-5-6-7-8-9-10-11-12-13-14-15-20-28-22-23-17-16-18-24(23)30-31(26,27)29-21-19-25(2,3)4/h23-24H,5-22H2,1-4H3/p+1/t23-,24+/m0/s1. The fourth-order valence-electron chi connectivity index (χ4n) is 4.07. The number of unbranched alkanes of at least 4 members (excludes halogenated alkanes) is 10. The van der Waals surface area contributed by atoms with Gasteiger partial charge in [0, 0.05) is 12.5 Å². The minimum absolute atomic E-state index is 0.190. The van der Waals surface area contributed by atoms with Gasteiger partial charge in [0.05, 0.1) is 33.9 Å². The summed E-state index contributed by atoms with van der Waals surface area (Å²) < 4.78 is 29.5. The van der Waals surface area contributed by atoms with Gasteiger partial charge in [-0.3, -0.25) is 9.05 Å². The van der Waals surface area contributed by atoms with Crippen molar-refractivity contribution < 1.29 is 27.7 Å². The van der Waals surface area contributed by atoms with Crippen molar-refractivity contribution in [2.45, 2.75) is 103 Å². The minimum atomic E-state index is -4.00. The van der Waals surface area contributed by atoms with Gasteiger partial charge >= 0.3 is 7.82 Å². The maximum absolute atomic E-state index is 12.3. The summed E-state index contributed by atoms with van der Waals surface area (Å²) >= 11 is 0. The van der Waals surface area contributed by atoms with Crippen molar-refractivity contribution in [3.8, 4) is 0 Å². The number of ether oxygens (including phenoxy) is 1. The Hall–Kier alpha value is 0.0300. The van der Waals surface area contributed by atoms with Crippen LogP contribution in [0.15, 0.2) is 0 Å². The molecule has 0 heterocycles. The predicted octanol–water partition coefficient (Wildman–Crippen LogP) is 6.32. The largest absolute Gasteiger partial charge is 0.472 e. The first-order valence-electron chi connectivity index (χ1n) is 12.8. The average molecular weight is 465 g/mol. The summed E-state index contributed by atoms with van der Waals surface area (Å²) in [6.45, 7) is 4.52. The van der Waals surface area contributed by atoms with Crippen molar-refractivity contribution in [1.29, 1.82) is 0 Å². The number of rotatable bonds is 20. The Balaban J connectivity index is 2.04. The first kappa shape index (κ1) is 29.1. The second kappa shape index (κ2) is 16.6. The van der Waals surface area contributed by atoms with E-state index < -0.39 is 7.82 Å². The topological polar surface area (TPSA) is 65.0 Å². The molecule has 31 heavy (non-hydrogen) atoms. The predicted molar refractivity (Wildman–Crippen MR) is 128 cm³/mol. The molecule has 1 unspecified atom stereocenters. The van der Waals surface area contributed by atoms with Crippen molar-refractivity contribution >= 4 is 7.82 Å². The molecular weight excluding hydrogens is 413 g/mol. The first-order valence-corrected chi connectivity index (χ1v) is 14.3. The number of phosphoric ester groups is 1. The summed E-state index contributed by atoms with van der Waals surface area (Å²) in [5, 5.41) is 0. The zero-order valence-corrected chi connectivity index (χ0v) is 21.8. The average Bonchev–Trinajstić information content (AvgIpc) is 3.10. The lowest BCUT2D eigenvalue weighted by Gasteiger charge is -2.25. The Labute approximate surface area is 192 Å².